The van der Waals surface area contributed by atoms with Gasteiger partial charge in [-0.25, -0.2) is 0 Å². The number of carbonyl (C=O) groups excluding carboxylic acids is 1. The van der Waals surface area contributed by atoms with Crippen LogP contribution in [0.3, 0.4) is 0 Å². The summed E-state index contributed by atoms with van der Waals surface area (Å²) in [6, 6.07) is 5.56. The van der Waals surface area contributed by atoms with Crippen molar-refractivity contribution in [1.82, 2.24) is 4.90 Å². The van der Waals surface area contributed by atoms with E-state index in [0.717, 1.165) is 57.2 Å². The highest BCUT2D eigenvalue weighted by atomic mass is 35.5. The molecule has 2 atom stereocenters. The van der Waals surface area contributed by atoms with Gasteiger partial charge in [0.15, 0.2) is 0 Å². The molecule has 1 aromatic carbocycles. The minimum atomic E-state index is -0.274. The Morgan fingerprint density at radius 1 is 1.32 bits per heavy atom. The summed E-state index contributed by atoms with van der Waals surface area (Å²) in [4.78, 5) is 17.1. The zero-order valence-corrected chi connectivity index (χ0v) is 15.9. The second kappa shape index (κ2) is 8.28. The predicted molar refractivity (Wildman–Crippen MR) is 103 cm³/mol. The van der Waals surface area contributed by atoms with Crippen LogP contribution in [0.1, 0.15) is 26.7 Å². The third-order valence-electron chi connectivity index (χ3n) is 5.02. The molecule has 0 unspecified atom stereocenters. The lowest BCUT2D eigenvalue weighted by atomic mass is 10.00. The highest BCUT2D eigenvalue weighted by molar-refractivity contribution is 6.31. The summed E-state index contributed by atoms with van der Waals surface area (Å²) in [7, 11) is 0. The summed E-state index contributed by atoms with van der Waals surface area (Å²) < 4.78 is 5.44. The molecule has 0 aliphatic carbocycles. The molecule has 0 radical (unpaired) electrons. The molecule has 0 bridgehead atoms. The number of ether oxygens (including phenoxy) is 1. The monoisotopic (exact) mass is 365 g/mol. The molecule has 1 aromatic rings. The Morgan fingerprint density at radius 2 is 2.08 bits per heavy atom. The molecule has 25 heavy (non-hydrogen) atoms. The van der Waals surface area contributed by atoms with E-state index in [4.69, 9.17) is 16.3 Å². The van der Waals surface area contributed by atoms with Gasteiger partial charge in [-0.3, -0.25) is 4.79 Å². The third-order valence-corrected chi connectivity index (χ3v) is 5.26. The zero-order valence-electron chi connectivity index (χ0n) is 15.1. The van der Waals surface area contributed by atoms with E-state index in [2.05, 4.69) is 17.1 Å². The molecule has 1 amide bonds. The van der Waals surface area contributed by atoms with Gasteiger partial charge in [0, 0.05) is 31.2 Å². The van der Waals surface area contributed by atoms with Crippen LogP contribution in [0, 0.1) is 5.92 Å². The van der Waals surface area contributed by atoms with Crippen molar-refractivity contribution in [3.05, 3.63) is 23.2 Å². The van der Waals surface area contributed by atoms with Gasteiger partial charge in [-0.05, 0) is 43.9 Å². The Morgan fingerprint density at radius 3 is 2.80 bits per heavy atom. The van der Waals surface area contributed by atoms with Gasteiger partial charge in [0.05, 0.1) is 24.6 Å². The molecular formula is C19H28ClN3O2. The van der Waals surface area contributed by atoms with E-state index in [9.17, 15) is 4.79 Å². The molecule has 2 aliphatic rings. The molecule has 3 rings (SSSR count). The van der Waals surface area contributed by atoms with Crippen molar-refractivity contribution in [3.63, 3.8) is 0 Å². The lowest BCUT2D eigenvalue weighted by molar-refractivity contribution is -0.133. The van der Waals surface area contributed by atoms with Crippen LogP contribution in [0.25, 0.3) is 0 Å². The first-order valence-electron chi connectivity index (χ1n) is 9.22. The molecule has 0 aromatic heterocycles. The molecular weight excluding hydrogens is 338 g/mol. The number of hydrogen-bond donors (Lipinski definition) is 1. The number of benzene rings is 1. The number of anilines is 2. The number of morpholine rings is 1. The Hall–Kier alpha value is -1.46. The van der Waals surface area contributed by atoms with Crippen LogP contribution < -0.4 is 10.2 Å². The SMILES string of the molecule is C[C@H]1CCCN(C(=O)[C@@H](C)Nc2cc(Cl)ccc2N2CCOCC2)C1. The van der Waals surface area contributed by atoms with Crippen LogP contribution in [0.15, 0.2) is 18.2 Å². The van der Waals surface area contributed by atoms with Gasteiger partial charge in [-0.15, -0.1) is 0 Å². The van der Waals surface area contributed by atoms with Gasteiger partial charge in [0.1, 0.15) is 6.04 Å². The molecule has 0 spiro atoms. The Labute approximate surface area is 155 Å². The van der Waals surface area contributed by atoms with Crippen molar-refractivity contribution in [2.45, 2.75) is 32.7 Å². The molecule has 2 heterocycles. The van der Waals surface area contributed by atoms with Crippen LogP contribution in [0.4, 0.5) is 11.4 Å². The fraction of sp³-hybridized carbons (Fsp3) is 0.632. The van der Waals surface area contributed by atoms with E-state index in [1.165, 1.54) is 6.42 Å². The Balaban J connectivity index is 1.72. The first kappa shape index (κ1) is 18.3. The molecule has 2 aliphatic heterocycles. The van der Waals surface area contributed by atoms with Crippen LogP contribution in [0.2, 0.25) is 5.02 Å². The van der Waals surface area contributed by atoms with E-state index >= 15 is 0 Å². The van der Waals surface area contributed by atoms with E-state index in [1.54, 1.807) is 0 Å². The average Bonchev–Trinajstić information content (AvgIpc) is 2.62. The molecule has 0 saturated carbocycles. The normalized spacial score (nSPS) is 22.6. The van der Waals surface area contributed by atoms with Crippen LogP contribution >= 0.6 is 11.6 Å². The summed E-state index contributed by atoms with van der Waals surface area (Å²) in [5, 5.41) is 4.07. The minimum Gasteiger partial charge on any atom is -0.378 e. The molecule has 2 fully saturated rings. The summed E-state index contributed by atoms with van der Waals surface area (Å²) in [5.41, 5.74) is 2.00. The first-order chi connectivity index (χ1) is 12.0. The maximum absolute atomic E-state index is 12.8. The van der Waals surface area contributed by atoms with Crippen molar-refractivity contribution >= 4 is 28.9 Å². The summed E-state index contributed by atoms with van der Waals surface area (Å²) in [6.07, 6.45) is 2.30. The maximum Gasteiger partial charge on any atom is 0.244 e. The van der Waals surface area contributed by atoms with Crippen LogP contribution in [0.5, 0.6) is 0 Å². The molecule has 5 nitrogen and oxygen atoms in total. The van der Waals surface area contributed by atoms with Crippen LogP contribution in [-0.2, 0) is 9.53 Å². The van der Waals surface area contributed by atoms with Crippen molar-refractivity contribution in [2.24, 2.45) is 5.92 Å². The number of halogens is 1. The molecule has 1 N–H and O–H groups in total. The maximum atomic E-state index is 12.8. The second-order valence-corrected chi connectivity index (χ2v) is 7.60. The van der Waals surface area contributed by atoms with Gasteiger partial charge >= 0.3 is 0 Å². The third kappa shape index (κ3) is 4.59. The highest BCUT2D eigenvalue weighted by Gasteiger charge is 2.26. The lowest BCUT2D eigenvalue weighted by Crippen LogP contribution is -2.46. The predicted octanol–water partition coefficient (Wildman–Crippen LogP) is 3.24. The Kier molecular flexibility index (Phi) is 6.07. The van der Waals surface area contributed by atoms with Crippen molar-refractivity contribution < 1.29 is 9.53 Å². The number of nitrogens with zero attached hydrogens (tertiary/aromatic N) is 2. The first-order valence-corrected chi connectivity index (χ1v) is 9.60. The summed E-state index contributed by atoms with van der Waals surface area (Å²) in [6.45, 7) is 9.02. The van der Waals surface area contributed by atoms with Gasteiger partial charge in [-0.1, -0.05) is 18.5 Å². The van der Waals surface area contributed by atoms with Gasteiger partial charge < -0.3 is 19.9 Å². The van der Waals surface area contributed by atoms with Crippen LogP contribution in [-0.4, -0.2) is 56.2 Å². The van der Waals surface area contributed by atoms with Crippen molar-refractivity contribution in [3.8, 4) is 0 Å². The number of hydrogen-bond acceptors (Lipinski definition) is 4. The van der Waals surface area contributed by atoms with Crippen molar-refractivity contribution in [2.75, 3.05) is 49.6 Å². The van der Waals surface area contributed by atoms with E-state index in [0.29, 0.717) is 10.9 Å². The number of likely N-dealkylation sites (tertiary alicyclic amines) is 1. The topological polar surface area (TPSA) is 44.8 Å². The Bertz CT molecular complexity index is 604. The fourth-order valence-electron chi connectivity index (χ4n) is 3.66. The second-order valence-electron chi connectivity index (χ2n) is 7.16. The number of carbonyl (C=O) groups is 1. The average molecular weight is 366 g/mol. The number of nitrogens with one attached hydrogen (secondary N) is 1. The number of amides is 1. The largest absolute Gasteiger partial charge is 0.378 e. The van der Waals surface area contributed by atoms with E-state index in [-0.39, 0.29) is 11.9 Å². The smallest absolute Gasteiger partial charge is 0.244 e. The van der Waals surface area contributed by atoms with Gasteiger partial charge in [-0.2, -0.15) is 0 Å². The summed E-state index contributed by atoms with van der Waals surface area (Å²) >= 11 is 6.21. The number of piperidine rings is 1. The lowest BCUT2D eigenvalue weighted by Gasteiger charge is -2.34. The molecule has 138 valence electrons. The quantitative estimate of drug-likeness (QED) is 0.889. The molecule has 6 heteroatoms. The number of rotatable bonds is 4. The van der Waals surface area contributed by atoms with E-state index < -0.39 is 0 Å². The molecule has 2 saturated heterocycles. The zero-order chi connectivity index (χ0) is 17.8. The van der Waals surface area contributed by atoms with Crippen molar-refractivity contribution in [1.29, 1.82) is 0 Å². The highest BCUT2D eigenvalue weighted by Crippen LogP contribution is 2.30. The minimum absolute atomic E-state index is 0.166. The standard InChI is InChI=1S/C19H28ClN3O2/c1-14-4-3-7-23(13-14)19(24)15(2)21-17-12-16(20)5-6-18(17)22-8-10-25-11-9-22/h5-6,12,14-15,21H,3-4,7-11,13H2,1-2H3/t14-,15+/m0/s1. The fourth-order valence-corrected chi connectivity index (χ4v) is 3.83. The van der Waals surface area contributed by atoms with Gasteiger partial charge in [0.25, 0.3) is 0 Å². The summed E-state index contributed by atoms with van der Waals surface area (Å²) in [5.74, 6) is 0.749. The van der Waals surface area contributed by atoms with Gasteiger partial charge in [0.2, 0.25) is 5.91 Å². The van der Waals surface area contributed by atoms with E-state index in [1.807, 2.05) is 30.0 Å².